The third-order valence-corrected chi connectivity index (χ3v) is 5.98. The van der Waals surface area contributed by atoms with Crippen molar-refractivity contribution in [1.82, 2.24) is 0 Å². The number of nitriles is 1. The maximum Gasteiger partial charge on any atom is 0.208 e. The third-order valence-electron chi connectivity index (χ3n) is 5.98. The number of quaternary nitrogens is 1. The lowest BCUT2D eigenvalue weighted by molar-refractivity contribution is -0.927. The number of benzene rings is 1. The molecule has 1 aliphatic carbocycles. The number of nitrogens with zero attached hydrogens (tertiary/aromatic N) is 1. The molecule has 122 valence electrons. The Bertz CT molecular complexity index is 616. The van der Waals surface area contributed by atoms with Crippen LogP contribution in [-0.4, -0.2) is 24.4 Å². The van der Waals surface area contributed by atoms with Gasteiger partial charge in [0, 0.05) is 18.8 Å². The fourth-order valence-electron chi connectivity index (χ4n) is 4.92. The second-order valence-corrected chi connectivity index (χ2v) is 8.24. The van der Waals surface area contributed by atoms with E-state index in [0.29, 0.717) is 24.0 Å². The van der Waals surface area contributed by atoms with Gasteiger partial charge in [0.15, 0.2) is 0 Å². The fraction of sp³-hybridized carbons (Fsp3) is 0.600. The van der Waals surface area contributed by atoms with Crippen molar-refractivity contribution in [3.63, 3.8) is 0 Å². The minimum Gasteiger partial charge on any atom is -0.324 e. The van der Waals surface area contributed by atoms with E-state index < -0.39 is 5.92 Å². The van der Waals surface area contributed by atoms with Gasteiger partial charge in [0.05, 0.1) is 18.2 Å². The molecule has 3 rings (SSSR count). The first-order chi connectivity index (χ1) is 10.9. The number of hydrogen-bond donors (Lipinski definition) is 1. The standard InChI is InChI=1S/C20H26N2O/c1-14-16-9-17(11-20(2,3)10-16)22(14)13-19(23)18(12-21)15-7-5-4-6-8-15/h4-8,14,16-18H,9-11,13H2,1-3H3/p+1/t14-,16-,17+,18+/m1/s1. The normalized spacial score (nSPS) is 33.0. The maximum atomic E-state index is 12.8. The zero-order chi connectivity index (χ0) is 16.6. The predicted molar refractivity (Wildman–Crippen MR) is 90.0 cm³/mol. The molecule has 1 N–H and O–H groups in total. The summed E-state index contributed by atoms with van der Waals surface area (Å²) in [5.74, 6) is 0.180. The van der Waals surface area contributed by atoms with Crippen LogP contribution in [0.2, 0.25) is 0 Å². The van der Waals surface area contributed by atoms with E-state index in [-0.39, 0.29) is 5.78 Å². The highest BCUT2D eigenvalue weighted by molar-refractivity contribution is 5.89. The Morgan fingerprint density at radius 1 is 1.35 bits per heavy atom. The molecule has 1 aromatic carbocycles. The molecule has 23 heavy (non-hydrogen) atoms. The van der Waals surface area contributed by atoms with E-state index in [4.69, 9.17) is 0 Å². The van der Waals surface area contributed by atoms with Gasteiger partial charge in [-0.1, -0.05) is 44.2 Å². The summed E-state index contributed by atoms with van der Waals surface area (Å²) in [5, 5.41) is 9.48. The van der Waals surface area contributed by atoms with Gasteiger partial charge in [0.1, 0.15) is 12.5 Å². The molecule has 3 nitrogen and oxygen atoms in total. The van der Waals surface area contributed by atoms with Crippen molar-refractivity contribution in [2.75, 3.05) is 6.54 Å². The van der Waals surface area contributed by atoms with Gasteiger partial charge >= 0.3 is 0 Å². The average Bonchev–Trinajstić information content (AvgIpc) is 2.72. The van der Waals surface area contributed by atoms with Gasteiger partial charge in [-0.2, -0.15) is 5.26 Å². The van der Waals surface area contributed by atoms with Crippen molar-refractivity contribution in [2.24, 2.45) is 11.3 Å². The smallest absolute Gasteiger partial charge is 0.208 e. The van der Waals surface area contributed by atoms with Crippen LogP contribution >= 0.6 is 0 Å². The van der Waals surface area contributed by atoms with Gasteiger partial charge in [0.2, 0.25) is 5.78 Å². The molecule has 1 unspecified atom stereocenters. The fourth-order valence-corrected chi connectivity index (χ4v) is 4.92. The van der Waals surface area contributed by atoms with Crippen LogP contribution in [0.15, 0.2) is 30.3 Å². The second-order valence-electron chi connectivity index (χ2n) is 8.24. The largest absolute Gasteiger partial charge is 0.324 e. The molecule has 1 heterocycles. The van der Waals surface area contributed by atoms with E-state index in [1.54, 1.807) is 0 Å². The molecule has 0 spiro atoms. The van der Waals surface area contributed by atoms with Crippen LogP contribution in [0.5, 0.6) is 0 Å². The molecule has 5 atom stereocenters. The van der Waals surface area contributed by atoms with Crippen LogP contribution in [0.1, 0.15) is 51.5 Å². The summed E-state index contributed by atoms with van der Waals surface area (Å²) in [5.41, 5.74) is 1.22. The van der Waals surface area contributed by atoms with Crippen molar-refractivity contribution < 1.29 is 9.69 Å². The number of ketones is 1. The first-order valence-corrected chi connectivity index (χ1v) is 8.74. The highest BCUT2D eigenvalue weighted by atomic mass is 16.1. The van der Waals surface area contributed by atoms with Crippen molar-refractivity contribution in [3.05, 3.63) is 35.9 Å². The lowest BCUT2D eigenvalue weighted by Gasteiger charge is -2.32. The highest BCUT2D eigenvalue weighted by Gasteiger charge is 2.51. The summed E-state index contributed by atoms with van der Waals surface area (Å²) in [4.78, 5) is 14.2. The van der Waals surface area contributed by atoms with Gasteiger partial charge in [-0.15, -0.1) is 0 Å². The average molecular weight is 311 g/mol. The predicted octanol–water partition coefficient (Wildman–Crippen LogP) is 2.34. The Morgan fingerprint density at radius 3 is 2.70 bits per heavy atom. The number of nitrogens with one attached hydrogen (secondary N) is 1. The van der Waals surface area contributed by atoms with Crippen molar-refractivity contribution >= 4 is 5.78 Å². The SMILES string of the molecule is C[C@@H]1[C@@H]2C[C@@H](CC(C)(C)C2)[NH+]1CC(=O)[C@@H](C#N)c1ccccc1. The number of fused-ring (bicyclic) bond motifs is 2. The second kappa shape index (κ2) is 6.09. The van der Waals surface area contributed by atoms with Crippen LogP contribution in [0.25, 0.3) is 0 Å². The topological polar surface area (TPSA) is 45.3 Å². The monoisotopic (exact) mass is 311 g/mol. The molecule has 1 saturated heterocycles. The van der Waals surface area contributed by atoms with Crippen LogP contribution in [0.3, 0.4) is 0 Å². The number of carbonyl (C=O) groups excluding carboxylic acids is 1. The van der Waals surface area contributed by atoms with Gasteiger partial charge in [-0.25, -0.2) is 0 Å². The van der Waals surface area contributed by atoms with E-state index in [0.717, 1.165) is 11.5 Å². The molecule has 0 radical (unpaired) electrons. The van der Waals surface area contributed by atoms with E-state index in [9.17, 15) is 10.1 Å². The highest BCUT2D eigenvalue weighted by Crippen LogP contribution is 2.41. The molecule has 0 aromatic heterocycles. The van der Waals surface area contributed by atoms with Crippen LogP contribution in [0, 0.1) is 22.7 Å². The zero-order valence-corrected chi connectivity index (χ0v) is 14.4. The minimum absolute atomic E-state index is 0.0749. The lowest BCUT2D eigenvalue weighted by atomic mass is 9.71. The number of likely N-dealkylation sites (tertiary alicyclic amines) is 1. The van der Waals surface area contributed by atoms with Gasteiger partial charge in [-0.05, 0) is 24.3 Å². The molecule has 0 amide bonds. The summed E-state index contributed by atoms with van der Waals surface area (Å²) >= 11 is 0. The number of hydrogen-bond acceptors (Lipinski definition) is 2. The lowest BCUT2D eigenvalue weighted by Crippen LogP contribution is -3.17. The summed E-state index contributed by atoms with van der Waals surface area (Å²) in [6, 6.07) is 12.8. The molecular formula is C20H27N2O+. The van der Waals surface area contributed by atoms with Gasteiger partial charge < -0.3 is 4.90 Å². The first-order valence-electron chi connectivity index (χ1n) is 8.74. The van der Waals surface area contributed by atoms with E-state index in [2.05, 4.69) is 26.8 Å². The van der Waals surface area contributed by atoms with Crippen LogP contribution in [0.4, 0.5) is 0 Å². The Labute approximate surface area is 139 Å². The van der Waals surface area contributed by atoms with E-state index in [1.807, 2.05) is 30.3 Å². The molecular weight excluding hydrogens is 284 g/mol. The molecule has 2 bridgehead atoms. The van der Waals surface area contributed by atoms with Crippen LogP contribution < -0.4 is 4.90 Å². The number of Topliss-reactive ketones (excluding diaryl/α,β-unsaturated/α-hetero) is 1. The molecule has 3 heteroatoms. The molecule has 1 aromatic rings. The minimum atomic E-state index is -0.621. The summed E-state index contributed by atoms with van der Waals surface area (Å²) in [6.07, 6.45) is 3.71. The van der Waals surface area contributed by atoms with Gasteiger partial charge in [0.25, 0.3) is 0 Å². The number of carbonyl (C=O) groups is 1. The van der Waals surface area contributed by atoms with E-state index >= 15 is 0 Å². The third kappa shape index (κ3) is 3.19. The Balaban J connectivity index is 1.74. The van der Waals surface area contributed by atoms with Crippen molar-refractivity contribution in [3.8, 4) is 6.07 Å². The quantitative estimate of drug-likeness (QED) is 0.928. The maximum absolute atomic E-state index is 12.8. The Morgan fingerprint density at radius 2 is 2.04 bits per heavy atom. The molecule has 2 aliphatic rings. The summed E-state index contributed by atoms with van der Waals surface area (Å²) in [6.45, 7) is 7.49. The molecule has 2 fully saturated rings. The summed E-state index contributed by atoms with van der Waals surface area (Å²) in [7, 11) is 0. The van der Waals surface area contributed by atoms with E-state index in [1.165, 1.54) is 24.2 Å². The molecule has 1 saturated carbocycles. The Kier molecular flexibility index (Phi) is 4.29. The van der Waals surface area contributed by atoms with Crippen LogP contribution in [-0.2, 0) is 4.79 Å². The summed E-state index contributed by atoms with van der Waals surface area (Å²) < 4.78 is 0. The molecule has 1 aliphatic heterocycles. The van der Waals surface area contributed by atoms with Crippen molar-refractivity contribution in [2.45, 2.75) is 58.0 Å². The zero-order valence-electron chi connectivity index (χ0n) is 14.4. The Hall–Kier alpha value is -1.66. The number of rotatable bonds is 4. The van der Waals surface area contributed by atoms with Crippen molar-refractivity contribution in [1.29, 1.82) is 5.26 Å². The van der Waals surface area contributed by atoms with Gasteiger partial charge in [-0.3, -0.25) is 4.79 Å². The first kappa shape index (κ1) is 16.2.